The van der Waals surface area contributed by atoms with Crippen molar-refractivity contribution in [3.8, 4) is 11.5 Å². The Bertz CT molecular complexity index is 642. The number of hydrogen-bond donors (Lipinski definition) is 0. The second-order valence-electron chi connectivity index (χ2n) is 3.72. The minimum Gasteiger partial charge on any atom is -0.493 e. The first-order chi connectivity index (χ1) is 9.61. The molecule has 0 radical (unpaired) electrons. The van der Waals surface area contributed by atoms with Crippen molar-refractivity contribution >= 4 is 11.7 Å². The van der Waals surface area contributed by atoms with Crippen molar-refractivity contribution in [3.63, 3.8) is 0 Å². The molecule has 0 aliphatic carbocycles. The molecule has 102 valence electrons. The van der Waals surface area contributed by atoms with Gasteiger partial charge in [0.2, 0.25) is 0 Å². The molecule has 0 fully saturated rings. The molecule has 0 amide bonds. The van der Waals surface area contributed by atoms with Gasteiger partial charge in [-0.3, -0.25) is 15.1 Å². The fourth-order valence-electron chi connectivity index (χ4n) is 1.51. The predicted molar refractivity (Wildman–Crippen MR) is 68.8 cm³/mol. The van der Waals surface area contributed by atoms with Crippen molar-refractivity contribution in [2.75, 3.05) is 7.11 Å². The van der Waals surface area contributed by atoms with Gasteiger partial charge in [0, 0.05) is 18.5 Å². The maximum atomic E-state index is 11.9. The zero-order valence-electron chi connectivity index (χ0n) is 10.5. The Morgan fingerprint density at radius 1 is 1.20 bits per heavy atom. The molecule has 1 aromatic carbocycles. The van der Waals surface area contributed by atoms with E-state index in [1.807, 2.05) is 0 Å². The van der Waals surface area contributed by atoms with Crippen LogP contribution < -0.4 is 9.47 Å². The van der Waals surface area contributed by atoms with Crippen LogP contribution in [0.1, 0.15) is 10.4 Å². The number of nitro groups is 1. The average molecular weight is 274 g/mol. The molecule has 0 saturated heterocycles. The fourth-order valence-corrected chi connectivity index (χ4v) is 1.51. The van der Waals surface area contributed by atoms with E-state index in [-0.39, 0.29) is 22.7 Å². The number of nitrogens with zero attached hydrogens (tertiary/aromatic N) is 2. The number of nitro benzene ring substituents is 1. The summed E-state index contributed by atoms with van der Waals surface area (Å²) in [6.07, 6.45) is 2.89. The van der Waals surface area contributed by atoms with E-state index in [2.05, 4.69) is 4.98 Å². The number of methoxy groups -OCH3 is 1. The fraction of sp³-hybridized carbons (Fsp3) is 0.0769. The van der Waals surface area contributed by atoms with Gasteiger partial charge in [0.25, 0.3) is 5.69 Å². The summed E-state index contributed by atoms with van der Waals surface area (Å²) in [7, 11) is 1.38. The number of ether oxygens (including phenoxy) is 2. The highest BCUT2D eigenvalue weighted by molar-refractivity contribution is 5.91. The van der Waals surface area contributed by atoms with Crippen LogP contribution in [-0.2, 0) is 0 Å². The van der Waals surface area contributed by atoms with Crippen molar-refractivity contribution in [1.82, 2.24) is 4.98 Å². The van der Waals surface area contributed by atoms with Crippen molar-refractivity contribution in [1.29, 1.82) is 0 Å². The van der Waals surface area contributed by atoms with Gasteiger partial charge in [-0.15, -0.1) is 0 Å². The zero-order valence-corrected chi connectivity index (χ0v) is 10.5. The smallest absolute Gasteiger partial charge is 0.343 e. The van der Waals surface area contributed by atoms with Crippen LogP contribution in [0, 0.1) is 10.1 Å². The van der Waals surface area contributed by atoms with E-state index in [0.717, 1.165) is 6.07 Å². The van der Waals surface area contributed by atoms with Crippen LogP contribution in [0.2, 0.25) is 0 Å². The summed E-state index contributed by atoms with van der Waals surface area (Å²) in [4.78, 5) is 25.8. The first-order valence-corrected chi connectivity index (χ1v) is 5.56. The monoisotopic (exact) mass is 274 g/mol. The third-order valence-electron chi connectivity index (χ3n) is 2.48. The summed E-state index contributed by atoms with van der Waals surface area (Å²) in [5.74, 6) is -0.423. The van der Waals surface area contributed by atoms with Crippen molar-refractivity contribution in [3.05, 3.63) is 58.4 Å². The Balaban J connectivity index is 2.30. The summed E-state index contributed by atoms with van der Waals surface area (Å²) in [5.41, 5.74) is 0.0943. The summed E-state index contributed by atoms with van der Waals surface area (Å²) in [6.45, 7) is 0. The molecular weight excluding hydrogens is 264 g/mol. The normalized spacial score (nSPS) is 9.85. The van der Waals surface area contributed by atoms with E-state index in [1.54, 1.807) is 0 Å². The lowest BCUT2D eigenvalue weighted by molar-refractivity contribution is -0.384. The SMILES string of the molecule is COc1ccc([N+](=O)[O-])cc1OC(=O)c1ccncc1. The van der Waals surface area contributed by atoms with Crippen LogP contribution >= 0.6 is 0 Å². The second kappa shape index (κ2) is 5.79. The number of benzene rings is 1. The molecule has 1 aromatic heterocycles. The maximum Gasteiger partial charge on any atom is 0.343 e. The second-order valence-corrected chi connectivity index (χ2v) is 3.72. The number of aromatic nitrogens is 1. The van der Waals surface area contributed by atoms with Gasteiger partial charge in [0.15, 0.2) is 11.5 Å². The van der Waals surface area contributed by atoms with Gasteiger partial charge in [0.05, 0.1) is 23.7 Å². The molecule has 0 aliphatic heterocycles. The zero-order chi connectivity index (χ0) is 14.5. The van der Waals surface area contributed by atoms with E-state index >= 15 is 0 Å². The first-order valence-electron chi connectivity index (χ1n) is 5.56. The van der Waals surface area contributed by atoms with Gasteiger partial charge >= 0.3 is 5.97 Å². The molecule has 0 N–H and O–H groups in total. The molecule has 0 unspecified atom stereocenters. The summed E-state index contributed by atoms with van der Waals surface area (Å²) >= 11 is 0. The minimum absolute atomic E-state index is 0.0106. The quantitative estimate of drug-likeness (QED) is 0.367. The van der Waals surface area contributed by atoms with Gasteiger partial charge < -0.3 is 9.47 Å². The number of rotatable bonds is 4. The molecule has 7 nitrogen and oxygen atoms in total. The van der Waals surface area contributed by atoms with Crippen molar-refractivity contribution in [2.24, 2.45) is 0 Å². The number of esters is 1. The lowest BCUT2D eigenvalue weighted by Gasteiger charge is -2.08. The van der Waals surface area contributed by atoms with Gasteiger partial charge in [-0.25, -0.2) is 4.79 Å². The van der Waals surface area contributed by atoms with Gasteiger partial charge in [0.1, 0.15) is 0 Å². The number of pyridine rings is 1. The van der Waals surface area contributed by atoms with Crippen LogP contribution in [0.25, 0.3) is 0 Å². The number of non-ortho nitro benzene ring substituents is 1. The van der Waals surface area contributed by atoms with E-state index in [1.165, 1.54) is 43.8 Å². The van der Waals surface area contributed by atoms with E-state index in [9.17, 15) is 14.9 Å². The highest BCUT2D eigenvalue weighted by Crippen LogP contribution is 2.31. The van der Waals surface area contributed by atoms with Crippen LogP contribution in [0.5, 0.6) is 11.5 Å². The van der Waals surface area contributed by atoms with Crippen LogP contribution in [-0.4, -0.2) is 23.0 Å². The Labute approximate surface area is 113 Å². The molecule has 0 bridgehead atoms. The van der Waals surface area contributed by atoms with Crippen LogP contribution in [0.3, 0.4) is 0 Å². The Morgan fingerprint density at radius 3 is 2.50 bits per heavy atom. The summed E-state index contributed by atoms with van der Waals surface area (Å²) < 4.78 is 10.1. The lowest BCUT2D eigenvalue weighted by Crippen LogP contribution is -2.09. The molecule has 2 aromatic rings. The highest BCUT2D eigenvalue weighted by atomic mass is 16.6. The summed E-state index contributed by atoms with van der Waals surface area (Å²) in [5, 5.41) is 10.7. The van der Waals surface area contributed by atoms with Crippen LogP contribution in [0.15, 0.2) is 42.7 Å². The molecule has 0 saturated carbocycles. The van der Waals surface area contributed by atoms with Gasteiger partial charge in [-0.1, -0.05) is 0 Å². The molecule has 1 heterocycles. The molecule has 7 heteroatoms. The molecule has 20 heavy (non-hydrogen) atoms. The number of hydrogen-bond acceptors (Lipinski definition) is 6. The number of carbonyl (C=O) groups excluding carboxylic acids is 1. The first kappa shape index (κ1) is 13.5. The topological polar surface area (TPSA) is 91.6 Å². The Hall–Kier alpha value is -2.96. The molecule has 0 aliphatic rings. The molecule has 0 spiro atoms. The molecular formula is C13H10N2O5. The average Bonchev–Trinajstić information content (AvgIpc) is 2.48. The largest absolute Gasteiger partial charge is 0.493 e. The minimum atomic E-state index is -0.647. The van der Waals surface area contributed by atoms with Crippen molar-refractivity contribution in [2.45, 2.75) is 0 Å². The Morgan fingerprint density at radius 2 is 1.90 bits per heavy atom. The maximum absolute atomic E-state index is 11.9. The highest BCUT2D eigenvalue weighted by Gasteiger charge is 2.16. The third kappa shape index (κ3) is 2.89. The van der Waals surface area contributed by atoms with Crippen molar-refractivity contribution < 1.29 is 19.2 Å². The molecule has 2 rings (SSSR count). The van der Waals surface area contributed by atoms with Crippen LogP contribution in [0.4, 0.5) is 5.69 Å². The molecule has 0 atom stereocenters. The lowest BCUT2D eigenvalue weighted by atomic mass is 10.2. The van der Waals surface area contributed by atoms with Gasteiger partial charge in [-0.05, 0) is 18.2 Å². The Kier molecular flexibility index (Phi) is 3.90. The van der Waals surface area contributed by atoms with E-state index in [4.69, 9.17) is 9.47 Å². The predicted octanol–water partition coefficient (Wildman–Crippen LogP) is 2.22. The third-order valence-corrected chi connectivity index (χ3v) is 2.48. The van der Waals surface area contributed by atoms with Gasteiger partial charge in [-0.2, -0.15) is 0 Å². The van der Waals surface area contributed by atoms with E-state index < -0.39 is 10.9 Å². The summed E-state index contributed by atoms with van der Waals surface area (Å²) in [6, 6.07) is 6.73. The number of carbonyl (C=O) groups is 1. The standard InChI is InChI=1S/C13H10N2O5/c1-19-11-3-2-10(15(17)18)8-12(11)20-13(16)9-4-6-14-7-5-9/h2-8H,1H3. The van der Waals surface area contributed by atoms with E-state index in [0.29, 0.717) is 0 Å².